The summed E-state index contributed by atoms with van der Waals surface area (Å²) < 4.78 is 7.42. The van der Waals surface area contributed by atoms with Gasteiger partial charge in [-0.1, -0.05) is 188 Å². The van der Waals surface area contributed by atoms with Crippen LogP contribution in [0.1, 0.15) is 0 Å². The van der Waals surface area contributed by atoms with Gasteiger partial charge in [0.15, 0.2) is 17.5 Å². The summed E-state index contributed by atoms with van der Waals surface area (Å²) in [7, 11) is 0. The molecule has 5 nitrogen and oxygen atoms in total. The number of rotatable bonds is 7. The molecule has 0 unspecified atom stereocenters. The molecule has 0 aliphatic rings. The molecule has 6 heteroatoms. The Labute approximate surface area is 401 Å². The van der Waals surface area contributed by atoms with Gasteiger partial charge < -0.3 is 9.13 Å². The Hall–Kier alpha value is -8.97. The summed E-state index contributed by atoms with van der Waals surface area (Å²) in [5.41, 5.74) is 13.7. The smallest absolute Gasteiger partial charge is 0.164 e. The normalized spacial score (nSPS) is 11.8. The quantitative estimate of drug-likeness (QED) is 0.160. The Kier molecular flexibility index (Phi) is 9.00. The van der Waals surface area contributed by atoms with Crippen molar-refractivity contribution in [1.82, 2.24) is 24.1 Å². The van der Waals surface area contributed by atoms with E-state index in [1.165, 1.54) is 47.3 Å². The number of fused-ring (bicyclic) bond motifs is 9. The van der Waals surface area contributed by atoms with Crippen molar-refractivity contribution in [3.8, 4) is 67.8 Å². The maximum absolute atomic E-state index is 5.49. The number of para-hydroxylation sites is 4. The minimum atomic E-state index is 0.583. The lowest BCUT2D eigenvalue weighted by Gasteiger charge is -2.22. The fraction of sp³-hybridized carbons (Fsp3) is 0. The molecule has 0 amide bonds. The zero-order valence-electron chi connectivity index (χ0n) is 37.2. The first-order valence-corrected chi connectivity index (χ1v) is 24.1. The van der Waals surface area contributed by atoms with Gasteiger partial charge in [-0.15, -0.1) is 11.3 Å². The third-order valence-corrected chi connectivity index (χ3v) is 14.8. The van der Waals surface area contributed by atoms with Crippen molar-refractivity contribution < 1.29 is 0 Å². The molecule has 0 saturated heterocycles. The summed E-state index contributed by atoms with van der Waals surface area (Å²) >= 11 is 1.84. The molecule has 0 N–H and O–H groups in total. The van der Waals surface area contributed by atoms with Gasteiger partial charge >= 0.3 is 0 Å². The van der Waals surface area contributed by atoms with E-state index in [-0.39, 0.29) is 0 Å². The molecule has 69 heavy (non-hydrogen) atoms. The maximum Gasteiger partial charge on any atom is 0.164 e. The van der Waals surface area contributed by atoms with Gasteiger partial charge in [-0.05, 0) is 65.2 Å². The number of benzene rings is 10. The Morgan fingerprint density at radius 2 is 0.696 bits per heavy atom. The van der Waals surface area contributed by atoms with Gasteiger partial charge in [-0.25, -0.2) is 15.0 Å². The number of aromatic nitrogens is 5. The van der Waals surface area contributed by atoms with E-state index in [2.05, 4.69) is 228 Å². The number of hydrogen-bond donors (Lipinski definition) is 0. The fourth-order valence-corrected chi connectivity index (χ4v) is 11.7. The summed E-state index contributed by atoms with van der Waals surface area (Å²) in [6.07, 6.45) is 0. The number of hydrogen-bond acceptors (Lipinski definition) is 4. The van der Waals surface area contributed by atoms with Gasteiger partial charge in [-0.3, -0.25) is 0 Å². The molecule has 0 saturated carbocycles. The molecule has 0 atom stereocenters. The minimum Gasteiger partial charge on any atom is -0.309 e. The summed E-state index contributed by atoms with van der Waals surface area (Å²) in [6.45, 7) is 0. The van der Waals surface area contributed by atoms with Crippen molar-refractivity contribution in [2.24, 2.45) is 0 Å². The molecule has 0 aliphatic heterocycles. The predicted octanol–water partition coefficient (Wildman–Crippen LogP) is 16.8. The second-order valence-corrected chi connectivity index (χ2v) is 18.6. The van der Waals surface area contributed by atoms with Gasteiger partial charge in [0, 0.05) is 64.0 Å². The first-order valence-electron chi connectivity index (χ1n) is 23.3. The summed E-state index contributed by atoms with van der Waals surface area (Å²) in [4.78, 5) is 16.2. The standard InChI is InChI=1S/C63H39N5S/c1-3-19-40(20-4-1)59-56(67-52-32-12-7-25-46(52)47-26-8-13-33-53(47)67)38-44(39-57(59)68-54-34-14-9-27-48(54)49-28-10-15-35-55(49)68)63-65-61(41-21-5-2-6-22-41)64-62(66-63)43-24-17-23-42(37-43)45-30-18-31-51-50-29-11-16-36-58(50)69-60(45)51/h1-39H. The van der Waals surface area contributed by atoms with Crippen molar-refractivity contribution in [2.75, 3.05) is 0 Å². The molecule has 0 spiro atoms. The highest BCUT2D eigenvalue weighted by Crippen LogP contribution is 2.45. The van der Waals surface area contributed by atoms with Crippen LogP contribution in [0.15, 0.2) is 237 Å². The molecule has 0 bridgehead atoms. The van der Waals surface area contributed by atoms with Gasteiger partial charge in [-0.2, -0.15) is 0 Å². The van der Waals surface area contributed by atoms with Crippen LogP contribution in [0.2, 0.25) is 0 Å². The van der Waals surface area contributed by atoms with Crippen molar-refractivity contribution in [1.29, 1.82) is 0 Å². The molecular weight excluding hydrogens is 859 g/mol. The molecule has 0 radical (unpaired) electrons. The number of nitrogens with zero attached hydrogens (tertiary/aromatic N) is 5. The second-order valence-electron chi connectivity index (χ2n) is 17.5. The van der Waals surface area contributed by atoms with Gasteiger partial charge in [0.1, 0.15) is 0 Å². The molecule has 322 valence electrons. The Balaban J connectivity index is 1.08. The minimum absolute atomic E-state index is 0.583. The van der Waals surface area contributed by atoms with Crippen LogP contribution in [0.25, 0.3) is 132 Å². The van der Waals surface area contributed by atoms with E-state index >= 15 is 0 Å². The van der Waals surface area contributed by atoms with Crippen LogP contribution in [-0.2, 0) is 0 Å². The lowest BCUT2D eigenvalue weighted by molar-refractivity contribution is 1.07. The van der Waals surface area contributed by atoms with Crippen LogP contribution in [-0.4, -0.2) is 24.1 Å². The van der Waals surface area contributed by atoms with E-state index in [0.29, 0.717) is 17.5 Å². The Bertz CT molecular complexity index is 4070. The fourth-order valence-electron chi connectivity index (χ4n) is 10.5. The molecular formula is C63H39N5S. The van der Waals surface area contributed by atoms with E-state index in [1.807, 2.05) is 29.5 Å². The average Bonchev–Trinajstić information content (AvgIpc) is 4.09. The summed E-state index contributed by atoms with van der Waals surface area (Å²) in [5, 5.41) is 7.31. The average molecular weight is 898 g/mol. The molecule has 0 aliphatic carbocycles. The van der Waals surface area contributed by atoms with Crippen molar-refractivity contribution in [3.05, 3.63) is 237 Å². The Morgan fingerprint density at radius 3 is 1.26 bits per heavy atom. The van der Waals surface area contributed by atoms with Crippen LogP contribution < -0.4 is 0 Å². The lowest BCUT2D eigenvalue weighted by Crippen LogP contribution is -2.06. The van der Waals surface area contributed by atoms with Crippen molar-refractivity contribution >= 4 is 75.1 Å². The summed E-state index contributed by atoms with van der Waals surface area (Å²) in [6, 6.07) is 84.6. The van der Waals surface area contributed by atoms with Crippen LogP contribution in [0.4, 0.5) is 0 Å². The first kappa shape index (κ1) is 39.2. The zero-order valence-corrected chi connectivity index (χ0v) is 38.0. The molecule has 10 aromatic carbocycles. The van der Waals surface area contributed by atoms with Crippen LogP contribution in [0, 0.1) is 0 Å². The van der Waals surface area contributed by atoms with E-state index in [1.54, 1.807) is 0 Å². The van der Waals surface area contributed by atoms with E-state index in [9.17, 15) is 0 Å². The highest BCUT2D eigenvalue weighted by molar-refractivity contribution is 7.26. The maximum atomic E-state index is 5.49. The predicted molar refractivity (Wildman–Crippen MR) is 289 cm³/mol. The van der Waals surface area contributed by atoms with E-state index < -0.39 is 0 Å². The summed E-state index contributed by atoms with van der Waals surface area (Å²) in [5.74, 6) is 1.80. The third kappa shape index (κ3) is 6.34. The molecule has 14 rings (SSSR count). The van der Waals surface area contributed by atoms with Crippen LogP contribution in [0.3, 0.4) is 0 Å². The van der Waals surface area contributed by atoms with Crippen LogP contribution >= 0.6 is 11.3 Å². The topological polar surface area (TPSA) is 48.5 Å². The van der Waals surface area contributed by atoms with Crippen molar-refractivity contribution in [3.63, 3.8) is 0 Å². The van der Waals surface area contributed by atoms with Crippen LogP contribution in [0.5, 0.6) is 0 Å². The molecule has 4 aromatic heterocycles. The second kappa shape index (κ2) is 15.8. The van der Waals surface area contributed by atoms with Gasteiger partial charge in [0.2, 0.25) is 0 Å². The van der Waals surface area contributed by atoms with Gasteiger partial charge in [0.05, 0.1) is 33.4 Å². The highest BCUT2D eigenvalue weighted by Gasteiger charge is 2.25. The monoisotopic (exact) mass is 897 g/mol. The van der Waals surface area contributed by atoms with E-state index in [4.69, 9.17) is 15.0 Å². The SMILES string of the molecule is c1ccc(-c2nc(-c3cccc(-c4cccc5c4sc4ccccc45)c3)nc(-c3cc(-n4c5ccccc5c5ccccc54)c(-c4ccccc4)c(-n4c5ccccc5c5ccccc54)c3)n2)cc1. The van der Waals surface area contributed by atoms with Crippen molar-refractivity contribution in [2.45, 2.75) is 0 Å². The number of thiophene rings is 1. The van der Waals surface area contributed by atoms with Gasteiger partial charge in [0.25, 0.3) is 0 Å². The third-order valence-electron chi connectivity index (χ3n) is 13.6. The highest BCUT2D eigenvalue weighted by atomic mass is 32.1. The molecule has 4 heterocycles. The lowest BCUT2D eigenvalue weighted by atomic mass is 9.97. The zero-order chi connectivity index (χ0) is 45.4. The van der Waals surface area contributed by atoms with E-state index in [0.717, 1.165) is 66.8 Å². The first-order chi connectivity index (χ1) is 34.2. The molecule has 14 aromatic rings. The molecule has 0 fully saturated rings. The largest absolute Gasteiger partial charge is 0.309 e. The Morgan fingerprint density at radius 1 is 0.290 bits per heavy atom.